The van der Waals surface area contributed by atoms with Gasteiger partial charge in [-0.1, -0.05) is 45.0 Å². The number of hydrogen-bond acceptors (Lipinski definition) is 8. The summed E-state index contributed by atoms with van der Waals surface area (Å²) in [6, 6.07) is 15.9. The number of anilines is 1. The molecule has 0 spiro atoms. The van der Waals surface area contributed by atoms with Gasteiger partial charge in [0.1, 0.15) is 30.4 Å². The Labute approximate surface area is 275 Å². The zero-order chi connectivity index (χ0) is 32.2. The average Bonchev–Trinajstić information content (AvgIpc) is 3.29. The fourth-order valence-corrected chi connectivity index (χ4v) is 10.3. The Morgan fingerprint density at radius 3 is 2.07 bits per heavy atom. The van der Waals surface area contributed by atoms with Crippen LogP contribution in [0.5, 0.6) is 0 Å². The van der Waals surface area contributed by atoms with Crippen molar-refractivity contribution in [2.45, 2.75) is 101 Å². The van der Waals surface area contributed by atoms with Crippen molar-refractivity contribution in [2.24, 2.45) is 5.73 Å². The number of ether oxygens (including phenoxy) is 2. The smallest absolute Gasteiger partial charge is 0.348 e. The molecule has 4 atom stereocenters. The highest BCUT2D eigenvalue weighted by Crippen LogP contribution is 2.54. The van der Waals surface area contributed by atoms with Crippen LogP contribution in [-0.4, -0.2) is 68.7 Å². The summed E-state index contributed by atoms with van der Waals surface area (Å²) in [5.74, 6) is -0.329. The van der Waals surface area contributed by atoms with E-state index in [-0.39, 0.29) is 47.3 Å². The summed E-state index contributed by atoms with van der Waals surface area (Å²) in [4.78, 5) is 29.3. The lowest BCUT2D eigenvalue weighted by Crippen LogP contribution is -2.63. The predicted octanol–water partition coefficient (Wildman–Crippen LogP) is 6.23. The summed E-state index contributed by atoms with van der Waals surface area (Å²) in [7, 11) is -0.187. The van der Waals surface area contributed by atoms with Crippen molar-refractivity contribution >= 4 is 48.6 Å². The lowest BCUT2D eigenvalue weighted by atomic mass is 9.94. The van der Waals surface area contributed by atoms with Gasteiger partial charge in [-0.3, -0.25) is 4.79 Å². The molecule has 4 unspecified atom stereocenters. The quantitative estimate of drug-likeness (QED) is 0.109. The predicted molar refractivity (Wildman–Crippen MR) is 182 cm³/mol. The van der Waals surface area contributed by atoms with E-state index in [1.54, 1.807) is 0 Å². The number of epoxide rings is 1. The van der Waals surface area contributed by atoms with Crippen LogP contribution < -0.4 is 11.1 Å². The number of quaternary nitrogens is 1. The van der Waals surface area contributed by atoms with Gasteiger partial charge in [-0.05, 0) is 58.7 Å². The molecule has 1 amide bonds. The molecule has 3 aliphatic rings. The van der Waals surface area contributed by atoms with E-state index >= 15 is 0 Å². The Balaban J connectivity index is 1.19. The molecule has 45 heavy (non-hydrogen) atoms. The maximum Gasteiger partial charge on any atom is 0.348 e. The maximum atomic E-state index is 14.6. The van der Waals surface area contributed by atoms with E-state index < -0.39 is 13.9 Å². The van der Waals surface area contributed by atoms with Crippen molar-refractivity contribution in [1.29, 1.82) is 0 Å². The summed E-state index contributed by atoms with van der Waals surface area (Å²) in [5.41, 5.74) is 6.20. The highest BCUT2D eigenvalue weighted by atomic mass is 32.1. The molecule has 3 aromatic rings. The molecule has 11 heteroatoms. The second-order valence-corrected chi connectivity index (χ2v) is 21.1. The zero-order valence-corrected chi connectivity index (χ0v) is 29.7. The normalized spacial score (nSPS) is 27.6. The number of benzene rings is 1. The van der Waals surface area contributed by atoms with Gasteiger partial charge in [-0.15, -0.1) is 22.7 Å². The van der Waals surface area contributed by atoms with Crippen LogP contribution in [-0.2, 0) is 35.6 Å². The van der Waals surface area contributed by atoms with Crippen LogP contribution in [0.25, 0.3) is 0 Å². The van der Waals surface area contributed by atoms with Gasteiger partial charge in [0.15, 0.2) is 8.32 Å². The Morgan fingerprint density at radius 1 is 1.00 bits per heavy atom. The van der Waals surface area contributed by atoms with Gasteiger partial charge in [0.05, 0.1) is 29.8 Å². The van der Waals surface area contributed by atoms with Crippen molar-refractivity contribution in [2.75, 3.05) is 18.9 Å². The molecule has 0 radical (unpaired) electrons. The number of nitrogens with one attached hydrogen (secondary N) is 1. The number of nitrogens with zero attached hydrogens (tertiary/aromatic N) is 1. The molecule has 1 aromatic carbocycles. The molecule has 3 saturated heterocycles. The van der Waals surface area contributed by atoms with Gasteiger partial charge >= 0.3 is 5.97 Å². The molecular formula is C34H46N3O5S2Si+. The number of nitrogens with two attached hydrogens (primary N) is 1. The van der Waals surface area contributed by atoms with E-state index in [2.05, 4.69) is 46.2 Å². The van der Waals surface area contributed by atoms with Crippen LogP contribution in [0.1, 0.15) is 55.4 Å². The number of esters is 1. The lowest BCUT2D eigenvalue weighted by molar-refractivity contribution is -0.955. The number of amides is 1. The minimum atomic E-state index is -2.43. The summed E-state index contributed by atoms with van der Waals surface area (Å²) < 4.78 is 20.6. The molecule has 2 bridgehead atoms. The van der Waals surface area contributed by atoms with Crippen LogP contribution >= 0.6 is 22.7 Å². The van der Waals surface area contributed by atoms with E-state index in [9.17, 15) is 9.59 Å². The second-order valence-electron chi connectivity index (χ2n) is 14.5. The Hall–Kier alpha value is -2.38. The minimum absolute atomic E-state index is 0.00292. The Morgan fingerprint density at radius 2 is 1.58 bits per heavy atom. The molecule has 2 aromatic heterocycles. The summed E-state index contributed by atoms with van der Waals surface area (Å²) >= 11 is 3.08. The monoisotopic (exact) mass is 668 g/mol. The minimum Gasteiger partial charge on any atom is -0.459 e. The SMILES string of the molecule is CC(C)(C)[Si](C)(C)OC(C(=O)OC1CC2C3OC3C(C1)[N+]2(C)CCC(=O)Nc1ccc(CN)cc1)(c1cccs1)c1cccs1. The fraction of sp³-hybridized carbons (Fsp3) is 0.529. The largest absolute Gasteiger partial charge is 0.459 e. The van der Waals surface area contributed by atoms with Crippen molar-refractivity contribution in [3.63, 3.8) is 0 Å². The van der Waals surface area contributed by atoms with Gasteiger partial charge in [0.2, 0.25) is 11.5 Å². The molecule has 3 N–H and O–H groups in total. The third-order valence-corrected chi connectivity index (χ3v) is 17.0. The van der Waals surface area contributed by atoms with Crippen molar-refractivity contribution in [3.05, 3.63) is 74.6 Å². The van der Waals surface area contributed by atoms with E-state index in [0.717, 1.165) is 25.5 Å². The van der Waals surface area contributed by atoms with Gasteiger partial charge in [0.25, 0.3) is 0 Å². The number of likely N-dealkylation sites (N-methyl/N-ethyl adjacent to an activating group) is 1. The molecule has 5 heterocycles. The first kappa shape index (κ1) is 32.6. The van der Waals surface area contributed by atoms with Crippen LogP contribution in [0.3, 0.4) is 0 Å². The number of hydrogen-bond donors (Lipinski definition) is 2. The first-order valence-electron chi connectivity index (χ1n) is 15.9. The highest BCUT2D eigenvalue weighted by molar-refractivity contribution is 7.12. The van der Waals surface area contributed by atoms with E-state index in [4.69, 9.17) is 19.6 Å². The Kier molecular flexibility index (Phi) is 8.69. The summed E-state index contributed by atoms with van der Waals surface area (Å²) in [6.45, 7) is 12.1. The van der Waals surface area contributed by atoms with Gasteiger partial charge in [-0.25, -0.2) is 4.79 Å². The number of carbonyl (C=O) groups excluding carboxylic acids is 2. The number of rotatable bonds is 11. The molecule has 3 fully saturated rings. The number of morpholine rings is 1. The third-order valence-electron chi connectivity index (χ3n) is 10.6. The number of piperidine rings is 1. The average molecular weight is 669 g/mol. The summed E-state index contributed by atoms with van der Waals surface area (Å²) in [5, 5.41) is 6.93. The van der Waals surface area contributed by atoms with Crippen LogP contribution in [0.4, 0.5) is 5.69 Å². The molecule has 3 aliphatic heterocycles. The van der Waals surface area contributed by atoms with Crippen molar-refractivity contribution in [1.82, 2.24) is 0 Å². The lowest BCUT2D eigenvalue weighted by Gasteiger charge is -2.49. The van der Waals surface area contributed by atoms with Crippen LogP contribution in [0.15, 0.2) is 59.3 Å². The molecule has 242 valence electrons. The third kappa shape index (κ3) is 5.97. The van der Waals surface area contributed by atoms with Gasteiger partial charge < -0.3 is 29.4 Å². The number of carbonyl (C=O) groups is 2. The van der Waals surface area contributed by atoms with Gasteiger partial charge in [0, 0.05) is 25.1 Å². The standard InChI is InChI=1S/C34H45N3O5S2Si/c1-33(2,3)45(5,6)42-34(27-9-7-17-43-27,28-10-8-18-44-28)32(39)40-24-19-25-30-31(41-30)26(20-24)37(25,4)16-15-29(38)36-23-13-11-22(21-35)12-14-23/h7-14,17-18,24-26,30-31H,15-16,19-21,35H2,1-6H3/p+1. The first-order chi connectivity index (χ1) is 21.3. The Bertz CT molecular complexity index is 1450. The number of thiophene rings is 2. The highest BCUT2D eigenvalue weighted by Gasteiger charge is 2.72. The maximum absolute atomic E-state index is 14.6. The topological polar surface area (TPSA) is 103 Å². The van der Waals surface area contributed by atoms with E-state index in [1.807, 2.05) is 59.3 Å². The van der Waals surface area contributed by atoms with Gasteiger partial charge in [-0.2, -0.15) is 0 Å². The molecule has 6 rings (SSSR count). The molecule has 0 aliphatic carbocycles. The fourth-order valence-electron chi connectivity index (χ4n) is 6.97. The van der Waals surface area contributed by atoms with E-state index in [1.165, 1.54) is 22.7 Å². The molecule has 0 saturated carbocycles. The molecular weight excluding hydrogens is 623 g/mol. The van der Waals surface area contributed by atoms with E-state index in [0.29, 0.717) is 32.4 Å². The first-order valence-corrected chi connectivity index (χ1v) is 20.5. The van der Waals surface area contributed by atoms with Crippen molar-refractivity contribution in [3.8, 4) is 0 Å². The number of fused-ring (bicyclic) bond motifs is 5. The molecule has 8 nitrogen and oxygen atoms in total. The zero-order valence-electron chi connectivity index (χ0n) is 27.1. The second kappa shape index (κ2) is 12.0. The van der Waals surface area contributed by atoms with Crippen LogP contribution in [0, 0.1) is 0 Å². The van der Waals surface area contributed by atoms with Crippen LogP contribution in [0.2, 0.25) is 18.1 Å². The summed E-state index contributed by atoms with van der Waals surface area (Å²) in [6.07, 6.45) is 1.87. The van der Waals surface area contributed by atoms with Crippen molar-refractivity contribution < 1.29 is 28.0 Å².